The van der Waals surface area contributed by atoms with Crippen LogP contribution in [-0.2, 0) is 0 Å². The highest BCUT2D eigenvalue weighted by Crippen LogP contribution is 2.33. The minimum atomic E-state index is 0.252. The SMILES string of the molecule is CN1CCC(Oc2ccc(-c3cnc(Cl)cc3N[C@H]3CCC[C@H](CO)C3)nc2)CC1. The van der Waals surface area contributed by atoms with Gasteiger partial charge in [0, 0.05) is 43.2 Å². The van der Waals surface area contributed by atoms with Crippen LogP contribution in [0.3, 0.4) is 0 Å². The lowest BCUT2D eigenvalue weighted by atomic mass is 9.86. The normalized spacial score (nSPS) is 23.3. The number of nitrogens with one attached hydrogen (secondary N) is 1. The molecular weight excluding hydrogens is 400 g/mol. The molecule has 0 aromatic carbocycles. The zero-order chi connectivity index (χ0) is 20.9. The van der Waals surface area contributed by atoms with Gasteiger partial charge in [-0.25, -0.2) is 4.98 Å². The van der Waals surface area contributed by atoms with E-state index < -0.39 is 0 Å². The van der Waals surface area contributed by atoms with E-state index in [9.17, 15) is 5.11 Å². The molecule has 2 N–H and O–H groups in total. The van der Waals surface area contributed by atoms with Gasteiger partial charge in [0.15, 0.2) is 0 Å². The molecule has 2 aromatic heterocycles. The molecule has 2 fully saturated rings. The fourth-order valence-electron chi connectivity index (χ4n) is 4.47. The first-order valence-electron chi connectivity index (χ1n) is 11.0. The number of ether oxygens (including phenoxy) is 1. The van der Waals surface area contributed by atoms with E-state index >= 15 is 0 Å². The van der Waals surface area contributed by atoms with Crippen LogP contribution < -0.4 is 10.1 Å². The molecule has 0 radical (unpaired) electrons. The second kappa shape index (κ2) is 9.94. The molecular formula is C23H31ClN4O2. The molecule has 3 heterocycles. The van der Waals surface area contributed by atoms with Crippen molar-refractivity contribution >= 4 is 17.3 Å². The molecule has 2 aromatic rings. The number of likely N-dealkylation sites (tertiary alicyclic amines) is 1. The number of halogens is 1. The molecule has 2 atom stereocenters. The lowest BCUT2D eigenvalue weighted by Gasteiger charge is -2.30. The number of pyridine rings is 2. The molecule has 6 nitrogen and oxygen atoms in total. The summed E-state index contributed by atoms with van der Waals surface area (Å²) in [6, 6.07) is 6.16. The maximum atomic E-state index is 9.52. The molecule has 1 aliphatic heterocycles. The van der Waals surface area contributed by atoms with Gasteiger partial charge in [0.1, 0.15) is 17.0 Å². The Balaban J connectivity index is 1.46. The second-order valence-electron chi connectivity index (χ2n) is 8.61. The molecule has 0 spiro atoms. The van der Waals surface area contributed by atoms with E-state index in [0.29, 0.717) is 17.1 Å². The number of anilines is 1. The van der Waals surface area contributed by atoms with Crippen LogP contribution in [0.25, 0.3) is 11.3 Å². The number of rotatable bonds is 6. The van der Waals surface area contributed by atoms with Crippen LogP contribution in [0.5, 0.6) is 5.75 Å². The van der Waals surface area contributed by atoms with E-state index in [1.807, 2.05) is 18.2 Å². The van der Waals surface area contributed by atoms with Crippen molar-refractivity contribution in [2.75, 3.05) is 32.1 Å². The number of hydrogen-bond acceptors (Lipinski definition) is 6. The first-order chi connectivity index (χ1) is 14.6. The summed E-state index contributed by atoms with van der Waals surface area (Å²) in [5.41, 5.74) is 2.71. The van der Waals surface area contributed by atoms with E-state index in [0.717, 1.165) is 74.3 Å². The number of piperidine rings is 1. The largest absolute Gasteiger partial charge is 0.489 e. The van der Waals surface area contributed by atoms with Crippen molar-refractivity contribution in [1.82, 2.24) is 14.9 Å². The van der Waals surface area contributed by atoms with Crippen LogP contribution in [-0.4, -0.2) is 58.9 Å². The van der Waals surface area contributed by atoms with Crippen molar-refractivity contribution in [3.63, 3.8) is 0 Å². The summed E-state index contributed by atoms with van der Waals surface area (Å²) in [4.78, 5) is 11.3. The van der Waals surface area contributed by atoms with E-state index in [1.54, 1.807) is 12.4 Å². The number of nitrogens with zero attached hydrogens (tertiary/aromatic N) is 3. The third kappa shape index (κ3) is 5.42. The first-order valence-corrected chi connectivity index (χ1v) is 11.3. The molecule has 162 valence electrons. The Morgan fingerprint density at radius 3 is 2.73 bits per heavy atom. The number of aliphatic hydroxyl groups is 1. The van der Waals surface area contributed by atoms with E-state index in [-0.39, 0.29) is 12.7 Å². The first kappa shape index (κ1) is 21.3. The monoisotopic (exact) mass is 430 g/mol. The molecule has 2 aliphatic rings. The van der Waals surface area contributed by atoms with Crippen molar-refractivity contribution in [3.05, 3.63) is 35.7 Å². The standard InChI is InChI=1S/C23H31ClN4O2/c1-28-9-7-18(8-10-28)30-19-5-6-21(25-13-19)20-14-26-23(24)12-22(20)27-17-4-2-3-16(11-17)15-29/h5-6,12-14,16-18,29H,2-4,7-11,15H2,1H3,(H,26,27)/t16-,17-/m0/s1. The van der Waals surface area contributed by atoms with Crippen LogP contribution in [0, 0.1) is 5.92 Å². The number of aliphatic hydroxyl groups excluding tert-OH is 1. The Bertz CT molecular complexity index is 824. The minimum Gasteiger partial charge on any atom is -0.489 e. The zero-order valence-corrected chi connectivity index (χ0v) is 18.3. The number of hydrogen-bond donors (Lipinski definition) is 2. The lowest BCUT2D eigenvalue weighted by Crippen LogP contribution is -2.35. The topological polar surface area (TPSA) is 70.5 Å². The fraction of sp³-hybridized carbons (Fsp3) is 0.565. The molecule has 4 rings (SSSR count). The summed E-state index contributed by atoms with van der Waals surface area (Å²) in [6.45, 7) is 2.39. The van der Waals surface area contributed by atoms with Crippen molar-refractivity contribution in [3.8, 4) is 17.0 Å². The Morgan fingerprint density at radius 1 is 1.17 bits per heavy atom. The summed E-state index contributed by atoms with van der Waals surface area (Å²) < 4.78 is 6.12. The van der Waals surface area contributed by atoms with Crippen LogP contribution in [0.4, 0.5) is 5.69 Å². The van der Waals surface area contributed by atoms with E-state index in [2.05, 4.69) is 27.2 Å². The summed E-state index contributed by atoms with van der Waals surface area (Å²) in [5.74, 6) is 1.17. The summed E-state index contributed by atoms with van der Waals surface area (Å²) in [7, 11) is 2.15. The molecule has 1 saturated heterocycles. The van der Waals surface area contributed by atoms with E-state index in [1.165, 1.54) is 0 Å². The van der Waals surface area contributed by atoms with Crippen LogP contribution in [0.15, 0.2) is 30.6 Å². The second-order valence-corrected chi connectivity index (χ2v) is 9.00. The summed E-state index contributed by atoms with van der Waals surface area (Å²) in [6.07, 6.45) is 10.2. The molecule has 1 saturated carbocycles. The fourth-order valence-corrected chi connectivity index (χ4v) is 4.62. The van der Waals surface area contributed by atoms with Gasteiger partial charge in [-0.05, 0) is 63.3 Å². The Kier molecular flexibility index (Phi) is 7.08. The Hall–Kier alpha value is -1.89. The smallest absolute Gasteiger partial charge is 0.138 e. The van der Waals surface area contributed by atoms with Crippen molar-refractivity contribution in [2.24, 2.45) is 5.92 Å². The number of aromatic nitrogens is 2. The van der Waals surface area contributed by atoms with Gasteiger partial charge in [0.2, 0.25) is 0 Å². The highest BCUT2D eigenvalue weighted by atomic mass is 35.5. The summed E-state index contributed by atoms with van der Waals surface area (Å²) in [5, 5.41) is 13.6. The molecule has 7 heteroatoms. The quantitative estimate of drug-likeness (QED) is 0.668. The van der Waals surface area contributed by atoms with Gasteiger partial charge in [0.25, 0.3) is 0 Å². The average molecular weight is 431 g/mol. The van der Waals surface area contributed by atoms with E-state index in [4.69, 9.17) is 16.3 Å². The average Bonchev–Trinajstić information content (AvgIpc) is 2.76. The zero-order valence-electron chi connectivity index (χ0n) is 17.6. The minimum absolute atomic E-state index is 0.252. The summed E-state index contributed by atoms with van der Waals surface area (Å²) >= 11 is 6.19. The van der Waals surface area contributed by atoms with Crippen LogP contribution >= 0.6 is 11.6 Å². The maximum absolute atomic E-state index is 9.52. The molecule has 0 unspecified atom stereocenters. The van der Waals surface area contributed by atoms with Gasteiger partial charge in [0.05, 0.1) is 11.9 Å². The van der Waals surface area contributed by atoms with Crippen LogP contribution in [0.1, 0.15) is 38.5 Å². The molecule has 0 bridgehead atoms. The Labute approximate surface area is 183 Å². The predicted octanol–water partition coefficient (Wildman–Crippen LogP) is 4.23. The third-order valence-electron chi connectivity index (χ3n) is 6.25. The molecule has 30 heavy (non-hydrogen) atoms. The van der Waals surface area contributed by atoms with Gasteiger partial charge in [-0.15, -0.1) is 0 Å². The van der Waals surface area contributed by atoms with Gasteiger partial charge in [-0.3, -0.25) is 4.98 Å². The third-order valence-corrected chi connectivity index (χ3v) is 6.46. The molecule has 1 aliphatic carbocycles. The predicted molar refractivity (Wildman–Crippen MR) is 120 cm³/mol. The van der Waals surface area contributed by atoms with Crippen molar-refractivity contribution in [1.29, 1.82) is 0 Å². The highest BCUT2D eigenvalue weighted by Gasteiger charge is 2.23. The van der Waals surface area contributed by atoms with Gasteiger partial charge in [-0.2, -0.15) is 0 Å². The lowest BCUT2D eigenvalue weighted by molar-refractivity contribution is 0.114. The van der Waals surface area contributed by atoms with Crippen LogP contribution in [0.2, 0.25) is 5.15 Å². The van der Waals surface area contributed by atoms with Crippen molar-refractivity contribution < 1.29 is 9.84 Å². The van der Waals surface area contributed by atoms with Crippen molar-refractivity contribution in [2.45, 2.75) is 50.7 Å². The Morgan fingerprint density at radius 2 is 2.00 bits per heavy atom. The van der Waals surface area contributed by atoms with Gasteiger partial charge >= 0.3 is 0 Å². The maximum Gasteiger partial charge on any atom is 0.138 e. The van der Waals surface area contributed by atoms with Gasteiger partial charge < -0.3 is 20.1 Å². The van der Waals surface area contributed by atoms with Gasteiger partial charge in [-0.1, -0.05) is 18.0 Å². The molecule has 0 amide bonds. The highest BCUT2D eigenvalue weighted by molar-refractivity contribution is 6.29.